The minimum absolute atomic E-state index is 0.372. The molecule has 2 rings (SSSR count). The summed E-state index contributed by atoms with van der Waals surface area (Å²) in [5.74, 6) is 6.17. The molecular weight excluding hydrogens is 214 g/mol. The van der Waals surface area contributed by atoms with E-state index in [2.05, 4.69) is 20.3 Å². The van der Waals surface area contributed by atoms with E-state index in [0.717, 1.165) is 5.56 Å². The second-order valence-electron chi connectivity index (χ2n) is 3.21. The lowest BCUT2D eigenvalue weighted by atomic mass is 10.2. The standard InChI is InChI=1S/C12H11N5/c13-15-12(10-6-2-1-3-7-10)17-16-11-8-4-5-9-14-11/h1-9H,13H2. The van der Waals surface area contributed by atoms with Gasteiger partial charge < -0.3 is 5.84 Å². The van der Waals surface area contributed by atoms with Crippen molar-refractivity contribution in [2.24, 2.45) is 21.2 Å². The molecule has 0 aliphatic heterocycles. The first kappa shape index (κ1) is 10.9. The summed E-state index contributed by atoms with van der Waals surface area (Å²) in [4.78, 5) is 4.02. The Morgan fingerprint density at radius 3 is 2.41 bits per heavy atom. The van der Waals surface area contributed by atoms with Gasteiger partial charge in [0.1, 0.15) is 0 Å². The van der Waals surface area contributed by atoms with E-state index in [1.807, 2.05) is 42.5 Å². The van der Waals surface area contributed by atoms with E-state index < -0.39 is 0 Å². The third-order valence-corrected chi connectivity index (χ3v) is 2.05. The predicted molar refractivity (Wildman–Crippen MR) is 65.9 cm³/mol. The molecule has 0 spiro atoms. The van der Waals surface area contributed by atoms with E-state index >= 15 is 0 Å². The first-order valence-electron chi connectivity index (χ1n) is 5.06. The lowest BCUT2D eigenvalue weighted by Gasteiger charge is -1.97. The van der Waals surface area contributed by atoms with Gasteiger partial charge in [0.15, 0.2) is 5.82 Å². The number of amidine groups is 1. The van der Waals surface area contributed by atoms with Crippen molar-refractivity contribution in [2.75, 3.05) is 0 Å². The number of benzene rings is 1. The van der Waals surface area contributed by atoms with Crippen molar-refractivity contribution in [3.05, 3.63) is 60.3 Å². The SMILES string of the molecule is NN=C(N=Nc1ccccn1)c1ccccc1. The predicted octanol–water partition coefficient (Wildman–Crippen LogP) is 2.49. The molecule has 5 nitrogen and oxygen atoms in total. The first-order chi connectivity index (χ1) is 8.40. The van der Waals surface area contributed by atoms with Gasteiger partial charge in [0, 0.05) is 11.8 Å². The molecule has 0 fully saturated rings. The average molecular weight is 225 g/mol. The Morgan fingerprint density at radius 2 is 1.76 bits per heavy atom. The molecule has 0 bridgehead atoms. The van der Waals surface area contributed by atoms with Crippen molar-refractivity contribution in [2.45, 2.75) is 0 Å². The second-order valence-corrected chi connectivity index (χ2v) is 3.21. The highest BCUT2D eigenvalue weighted by Gasteiger charge is 2.00. The molecule has 1 heterocycles. The molecule has 2 aromatic rings. The van der Waals surface area contributed by atoms with Gasteiger partial charge >= 0.3 is 0 Å². The fourth-order valence-electron chi connectivity index (χ4n) is 1.26. The Balaban J connectivity index is 2.20. The molecule has 0 amide bonds. The van der Waals surface area contributed by atoms with Crippen molar-refractivity contribution >= 4 is 11.7 Å². The van der Waals surface area contributed by atoms with Gasteiger partial charge in [-0.25, -0.2) is 4.98 Å². The highest BCUT2D eigenvalue weighted by atomic mass is 15.2. The molecule has 0 saturated heterocycles. The summed E-state index contributed by atoms with van der Waals surface area (Å²) in [6.07, 6.45) is 1.65. The van der Waals surface area contributed by atoms with Crippen molar-refractivity contribution in [3.8, 4) is 0 Å². The Bertz CT molecular complexity index is 519. The van der Waals surface area contributed by atoms with Gasteiger partial charge in [-0.3, -0.25) is 0 Å². The fourth-order valence-corrected chi connectivity index (χ4v) is 1.26. The third kappa shape index (κ3) is 2.94. The number of hydrazone groups is 1. The zero-order chi connectivity index (χ0) is 11.9. The zero-order valence-electron chi connectivity index (χ0n) is 9.06. The molecule has 0 radical (unpaired) electrons. The molecule has 1 aromatic heterocycles. The van der Waals surface area contributed by atoms with E-state index in [1.165, 1.54) is 0 Å². The second kappa shape index (κ2) is 5.50. The number of azo groups is 1. The van der Waals surface area contributed by atoms with E-state index in [4.69, 9.17) is 5.84 Å². The van der Waals surface area contributed by atoms with Gasteiger partial charge in [-0.2, -0.15) is 5.10 Å². The molecule has 0 aliphatic rings. The highest BCUT2D eigenvalue weighted by Crippen LogP contribution is 2.08. The minimum Gasteiger partial charge on any atom is -0.321 e. The van der Waals surface area contributed by atoms with Gasteiger partial charge in [0.05, 0.1) is 0 Å². The van der Waals surface area contributed by atoms with Crippen molar-refractivity contribution in [3.63, 3.8) is 0 Å². The average Bonchev–Trinajstić information content (AvgIpc) is 2.42. The maximum Gasteiger partial charge on any atom is 0.200 e. The van der Waals surface area contributed by atoms with Crippen LogP contribution in [0.1, 0.15) is 5.56 Å². The fraction of sp³-hybridized carbons (Fsp3) is 0. The molecule has 0 aliphatic carbocycles. The van der Waals surface area contributed by atoms with Crippen LogP contribution < -0.4 is 5.84 Å². The third-order valence-electron chi connectivity index (χ3n) is 2.05. The summed E-state index contributed by atoms with van der Waals surface area (Å²) >= 11 is 0. The van der Waals surface area contributed by atoms with Gasteiger partial charge in [0.25, 0.3) is 0 Å². The van der Waals surface area contributed by atoms with Crippen LogP contribution in [0, 0.1) is 0 Å². The Hall–Kier alpha value is -2.56. The summed E-state index contributed by atoms with van der Waals surface area (Å²) in [5, 5.41) is 11.5. The molecule has 2 N–H and O–H groups in total. The quantitative estimate of drug-likeness (QED) is 0.280. The molecule has 0 atom stereocenters. The number of nitrogens with zero attached hydrogens (tertiary/aromatic N) is 4. The van der Waals surface area contributed by atoms with E-state index in [9.17, 15) is 0 Å². The van der Waals surface area contributed by atoms with Gasteiger partial charge in [-0.1, -0.05) is 36.4 Å². The molecule has 0 unspecified atom stereocenters. The normalized spacial score (nSPS) is 11.9. The van der Waals surface area contributed by atoms with Crippen molar-refractivity contribution in [1.82, 2.24) is 4.98 Å². The summed E-state index contributed by atoms with van der Waals surface area (Å²) in [7, 11) is 0. The zero-order valence-corrected chi connectivity index (χ0v) is 9.06. The lowest BCUT2D eigenvalue weighted by molar-refractivity contribution is 1.14. The monoisotopic (exact) mass is 225 g/mol. The van der Waals surface area contributed by atoms with Gasteiger partial charge in [0.2, 0.25) is 5.84 Å². The molecule has 17 heavy (non-hydrogen) atoms. The molecule has 84 valence electrons. The Morgan fingerprint density at radius 1 is 1.00 bits per heavy atom. The van der Waals surface area contributed by atoms with E-state index in [1.54, 1.807) is 12.3 Å². The molecular formula is C12H11N5. The molecule has 5 heteroatoms. The number of hydrogen-bond acceptors (Lipinski definition) is 4. The van der Waals surface area contributed by atoms with Crippen LogP contribution >= 0.6 is 0 Å². The lowest BCUT2D eigenvalue weighted by Crippen LogP contribution is -1.99. The Kier molecular flexibility index (Phi) is 3.54. The maximum atomic E-state index is 5.28. The molecule has 0 saturated carbocycles. The van der Waals surface area contributed by atoms with Gasteiger partial charge in [-0.05, 0) is 12.1 Å². The van der Waals surface area contributed by atoms with Gasteiger partial charge in [-0.15, -0.1) is 10.2 Å². The summed E-state index contributed by atoms with van der Waals surface area (Å²) in [6, 6.07) is 14.8. The van der Waals surface area contributed by atoms with Crippen LogP contribution in [0.25, 0.3) is 0 Å². The van der Waals surface area contributed by atoms with Crippen LogP contribution in [0.3, 0.4) is 0 Å². The number of nitrogens with two attached hydrogens (primary N) is 1. The maximum absolute atomic E-state index is 5.28. The van der Waals surface area contributed by atoms with Crippen LogP contribution in [0.15, 0.2) is 70.1 Å². The largest absolute Gasteiger partial charge is 0.321 e. The van der Waals surface area contributed by atoms with Crippen LogP contribution in [-0.4, -0.2) is 10.8 Å². The van der Waals surface area contributed by atoms with Crippen LogP contribution in [0.5, 0.6) is 0 Å². The number of aromatic nitrogens is 1. The van der Waals surface area contributed by atoms with E-state index in [-0.39, 0.29) is 0 Å². The smallest absolute Gasteiger partial charge is 0.200 e. The van der Waals surface area contributed by atoms with E-state index in [0.29, 0.717) is 11.7 Å². The number of rotatable bonds is 2. The highest BCUT2D eigenvalue weighted by molar-refractivity contribution is 5.98. The molecule has 1 aromatic carbocycles. The Labute approximate surface area is 98.7 Å². The van der Waals surface area contributed by atoms with Crippen LogP contribution in [0.2, 0.25) is 0 Å². The minimum atomic E-state index is 0.372. The summed E-state index contributed by atoms with van der Waals surface area (Å²) < 4.78 is 0. The summed E-state index contributed by atoms with van der Waals surface area (Å²) in [5.41, 5.74) is 0.815. The topological polar surface area (TPSA) is 76.0 Å². The van der Waals surface area contributed by atoms with Crippen molar-refractivity contribution in [1.29, 1.82) is 0 Å². The summed E-state index contributed by atoms with van der Waals surface area (Å²) in [6.45, 7) is 0. The van der Waals surface area contributed by atoms with Crippen LogP contribution in [0.4, 0.5) is 5.82 Å². The first-order valence-corrected chi connectivity index (χ1v) is 5.06. The number of hydrogen-bond donors (Lipinski definition) is 1. The number of pyridine rings is 1. The van der Waals surface area contributed by atoms with Crippen LogP contribution in [-0.2, 0) is 0 Å². The van der Waals surface area contributed by atoms with Crippen molar-refractivity contribution < 1.29 is 0 Å².